The van der Waals surface area contributed by atoms with Crippen molar-refractivity contribution < 1.29 is 14.2 Å². The van der Waals surface area contributed by atoms with Crippen LogP contribution in [0.1, 0.15) is 32.3 Å². The summed E-state index contributed by atoms with van der Waals surface area (Å²) in [5.41, 5.74) is 1.15. The van der Waals surface area contributed by atoms with Crippen LogP contribution in [-0.2, 0) is 16.0 Å². The Morgan fingerprint density at radius 3 is 2.61 bits per heavy atom. The molecule has 0 radical (unpaired) electrons. The molecule has 0 amide bonds. The average Bonchev–Trinajstić information content (AvgIpc) is 2.76. The second-order valence-corrected chi connectivity index (χ2v) is 7.60. The minimum absolute atomic E-state index is 0. The van der Waals surface area contributed by atoms with Crippen molar-refractivity contribution in [3.8, 4) is 5.75 Å². The number of hydrogen-bond donors (Lipinski definition) is 1. The number of benzene rings is 1. The summed E-state index contributed by atoms with van der Waals surface area (Å²) >= 11 is 0. The van der Waals surface area contributed by atoms with E-state index >= 15 is 0 Å². The van der Waals surface area contributed by atoms with Gasteiger partial charge in [0.1, 0.15) is 12.4 Å². The third kappa shape index (κ3) is 10.9. The number of likely N-dealkylation sites (tertiary alicyclic amines) is 1. The smallest absolute Gasteiger partial charge is 0.194 e. The Kier molecular flexibility index (Phi) is 14.9. The van der Waals surface area contributed by atoms with Crippen molar-refractivity contribution in [1.29, 1.82) is 0 Å². The van der Waals surface area contributed by atoms with Crippen LogP contribution in [0.3, 0.4) is 0 Å². The number of guanidine groups is 1. The fourth-order valence-corrected chi connectivity index (χ4v) is 3.47. The lowest BCUT2D eigenvalue weighted by molar-refractivity contribution is 0.0263. The van der Waals surface area contributed by atoms with E-state index in [4.69, 9.17) is 19.2 Å². The highest BCUT2D eigenvalue weighted by Gasteiger charge is 2.21. The van der Waals surface area contributed by atoms with Crippen molar-refractivity contribution in [3.05, 3.63) is 29.8 Å². The Morgan fingerprint density at radius 1 is 1.19 bits per heavy atom. The molecule has 1 heterocycles. The average molecular weight is 549 g/mol. The number of likely N-dealkylation sites (N-methyl/N-ethyl adjacent to an activating group) is 1. The molecule has 31 heavy (non-hydrogen) atoms. The number of piperidine rings is 1. The van der Waals surface area contributed by atoms with Gasteiger partial charge in [-0.2, -0.15) is 0 Å². The summed E-state index contributed by atoms with van der Waals surface area (Å²) in [5.74, 6) is 1.88. The van der Waals surface area contributed by atoms with Crippen LogP contribution in [0.5, 0.6) is 5.75 Å². The number of hydrogen-bond acceptors (Lipinski definition) is 5. The lowest BCUT2D eigenvalue weighted by atomic mass is 10.1. The molecule has 0 unspecified atom stereocenters. The summed E-state index contributed by atoms with van der Waals surface area (Å²) in [6, 6.07) is 8.23. The quantitative estimate of drug-likeness (QED) is 0.246. The largest absolute Gasteiger partial charge is 0.492 e. The van der Waals surface area contributed by atoms with Crippen LogP contribution < -0.4 is 10.1 Å². The molecular weight excluding hydrogens is 507 g/mol. The van der Waals surface area contributed by atoms with Gasteiger partial charge in [0.25, 0.3) is 0 Å². The van der Waals surface area contributed by atoms with Crippen LogP contribution in [-0.4, -0.2) is 88.6 Å². The topological polar surface area (TPSA) is 58.6 Å². The molecule has 0 spiro atoms. The molecule has 0 aromatic heterocycles. The number of nitrogens with one attached hydrogen (secondary N) is 1. The molecule has 0 bridgehead atoms. The molecule has 2 rings (SSSR count). The molecule has 1 aromatic carbocycles. The molecule has 8 heteroatoms. The zero-order chi connectivity index (χ0) is 21.6. The van der Waals surface area contributed by atoms with Gasteiger partial charge in [-0.15, -0.1) is 24.0 Å². The summed E-state index contributed by atoms with van der Waals surface area (Å²) in [6.07, 6.45) is 2.50. The first kappa shape index (κ1) is 27.9. The number of methoxy groups -OCH3 is 1. The van der Waals surface area contributed by atoms with E-state index in [1.54, 1.807) is 7.11 Å². The first-order valence-corrected chi connectivity index (χ1v) is 11.2. The van der Waals surface area contributed by atoms with E-state index in [1.165, 1.54) is 0 Å². The number of rotatable bonds is 12. The van der Waals surface area contributed by atoms with Crippen LogP contribution in [0.15, 0.2) is 29.3 Å². The van der Waals surface area contributed by atoms with Gasteiger partial charge in [0.2, 0.25) is 0 Å². The van der Waals surface area contributed by atoms with E-state index in [-0.39, 0.29) is 24.0 Å². The van der Waals surface area contributed by atoms with Crippen LogP contribution in [0.2, 0.25) is 0 Å². The van der Waals surface area contributed by atoms with E-state index < -0.39 is 0 Å². The predicted octanol–water partition coefficient (Wildman–Crippen LogP) is 3.23. The first-order valence-electron chi connectivity index (χ1n) is 11.2. The Labute approximate surface area is 205 Å². The van der Waals surface area contributed by atoms with Gasteiger partial charge in [-0.1, -0.05) is 12.1 Å². The summed E-state index contributed by atoms with van der Waals surface area (Å²) < 4.78 is 16.8. The fourth-order valence-electron chi connectivity index (χ4n) is 3.47. The van der Waals surface area contributed by atoms with Crippen LogP contribution in [0.25, 0.3) is 0 Å². The molecule has 1 fully saturated rings. The van der Waals surface area contributed by atoms with Gasteiger partial charge >= 0.3 is 0 Å². The molecule has 7 nitrogen and oxygen atoms in total. The number of nitrogens with zero attached hydrogens (tertiary/aromatic N) is 3. The lowest BCUT2D eigenvalue weighted by Crippen LogP contribution is -2.47. The van der Waals surface area contributed by atoms with Crippen molar-refractivity contribution in [3.63, 3.8) is 0 Å². The SMILES string of the molecule is CCNC(=NCc1cccc(OCCN(C)CCOC)c1)N1CCC(OCC)CC1.I. The molecular formula is C23H41IN4O3. The predicted molar refractivity (Wildman–Crippen MR) is 138 cm³/mol. The normalized spacial score (nSPS) is 15.1. The standard InChI is InChI=1S/C23H40N4O3.HI/c1-5-24-23(27-12-10-21(11-13-27)29-6-2)25-19-20-8-7-9-22(18-20)30-17-15-26(3)14-16-28-4;/h7-9,18,21H,5-6,10-17,19H2,1-4H3,(H,24,25);1H. The minimum atomic E-state index is 0. The summed E-state index contributed by atoms with van der Waals surface area (Å²) in [6.45, 7) is 11.6. The van der Waals surface area contributed by atoms with E-state index in [0.717, 1.165) is 76.1 Å². The Balaban J connectivity index is 0.00000480. The van der Waals surface area contributed by atoms with E-state index in [9.17, 15) is 0 Å². The van der Waals surface area contributed by atoms with E-state index in [0.29, 0.717) is 19.3 Å². The zero-order valence-electron chi connectivity index (χ0n) is 19.6. The van der Waals surface area contributed by atoms with Gasteiger partial charge in [-0.05, 0) is 51.4 Å². The monoisotopic (exact) mass is 548 g/mol. The van der Waals surface area contributed by atoms with Crippen molar-refractivity contribution in [2.24, 2.45) is 4.99 Å². The molecule has 1 N–H and O–H groups in total. The Morgan fingerprint density at radius 2 is 1.94 bits per heavy atom. The van der Waals surface area contributed by atoms with Gasteiger partial charge in [-0.25, -0.2) is 4.99 Å². The van der Waals surface area contributed by atoms with Crippen LogP contribution in [0.4, 0.5) is 0 Å². The first-order chi connectivity index (χ1) is 14.7. The number of halogens is 1. The van der Waals surface area contributed by atoms with Crippen LogP contribution in [0, 0.1) is 0 Å². The van der Waals surface area contributed by atoms with Crippen molar-refractivity contribution in [2.75, 3.05) is 66.7 Å². The molecule has 0 saturated carbocycles. The van der Waals surface area contributed by atoms with Gasteiger partial charge in [-0.3, -0.25) is 0 Å². The number of aliphatic imine (C=N–C) groups is 1. The van der Waals surface area contributed by atoms with E-state index in [2.05, 4.69) is 48.1 Å². The summed E-state index contributed by atoms with van der Waals surface area (Å²) in [7, 11) is 3.80. The Hall–Kier alpha value is -1.10. The molecule has 1 saturated heterocycles. The summed E-state index contributed by atoms with van der Waals surface area (Å²) in [4.78, 5) is 9.42. The van der Waals surface area contributed by atoms with Crippen molar-refractivity contribution in [2.45, 2.75) is 39.3 Å². The third-order valence-corrected chi connectivity index (χ3v) is 5.21. The Bertz CT molecular complexity index is 625. The second-order valence-electron chi connectivity index (χ2n) is 7.60. The highest BCUT2D eigenvalue weighted by atomic mass is 127. The van der Waals surface area contributed by atoms with Gasteiger partial charge in [0.05, 0.1) is 19.3 Å². The highest BCUT2D eigenvalue weighted by Crippen LogP contribution is 2.16. The van der Waals surface area contributed by atoms with Crippen molar-refractivity contribution >= 4 is 29.9 Å². The number of ether oxygens (including phenoxy) is 3. The summed E-state index contributed by atoms with van der Waals surface area (Å²) in [5, 5.41) is 3.44. The molecule has 178 valence electrons. The fraction of sp³-hybridized carbons (Fsp3) is 0.696. The van der Waals surface area contributed by atoms with Crippen LogP contribution >= 0.6 is 24.0 Å². The molecule has 1 aromatic rings. The molecule has 0 atom stereocenters. The maximum Gasteiger partial charge on any atom is 0.194 e. The minimum Gasteiger partial charge on any atom is -0.492 e. The lowest BCUT2D eigenvalue weighted by Gasteiger charge is -2.34. The zero-order valence-corrected chi connectivity index (χ0v) is 22.0. The molecule has 1 aliphatic rings. The maximum atomic E-state index is 5.93. The van der Waals surface area contributed by atoms with Gasteiger partial charge < -0.3 is 29.3 Å². The maximum absolute atomic E-state index is 5.93. The van der Waals surface area contributed by atoms with Gasteiger partial charge in [0.15, 0.2) is 5.96 Å². The molecule has 1 aliphatic heterocycles. The third-order valence-electron chi connectivity index (χ3n) is 5.21. The second kappa shape index (κ2) is 16.5. The van der Waals surface area contributed by atoms with Crippen molar-refractivity contribution in [1.82, 2.24) is 15.1 Å². The molecule has 0 aliphatic carbocycles. The highest BCUT2D eigenvalue weighted by molar-refractivity contribution is 14.0. The van der Waals surface area contributed by atoms with E-state index in [1.807, 2.05) is 12.1 Å². The van der Waals surface area contributed by atoms with Gasteiger partial charge in [0, 0.05) is 46.4 Å².